The van der Waals surface area contributed by atoms with Gasteiger partial charge in [-0.05, 0) is 17.2 Å². The van der Waals surface area contributed by atoms with Crippen LogP contribution in [0.2, 0.25) is 5.02 Å². The maximum atomic E-state index is 6.24. The van der Waals surface area contributed by atoms with Crippen LogP contribution >= 0.6 is 22.9 Å². The summed E-state index contributed by atoms with van der Waals surface area (Å²) >= 11 is 7.87. The first-order chi connectivity index (χ1) is 11.8. The van der Waals surface area contributed by atoms with Crippen molar-refractivity contribution in [2.45, 2.75) is 6.54 Å². The lowest BCUT2D eigenvalue weighted by Crippen LogP contribution is -2.02. The summed E-state index contributed by atoms with van der Waals surface area (Å²) < 4.78 is 0. The molecule has 0 unspecified atom stereocenters. The lowest BCUT2D eigenvalue weighted by atomic mass is 10.1. The second-order valence-corrected chi connectivity index (χ2v) is 6.63. The second kappa shape index (κ2) is 6.59. The van der Waals surface area contributed by atoms with E-state index in [0.29, 0.717) is 6.54 Å². The van der Waals surface area contributed by atoms with E-state index in [1.54, 1.807) is 17.7 Å². The second-order valence-electron chi connectivity index (χ2n) is 5.36. The van der Waals surface area contributed by atoms with Crippen LogP contribution in [0.1, 0.15) is 5.56 Å². The third-order valence-corrected chi connectivity index (χ3v) is 5.11. The summed E-state index contributed by atoms with van der Waals surface area (Å²) in [4.78, 5) is 9.83. The van der Waals surface area contributed by atoms with Crippen LogP contribution in [0.25, 0.3) is 21.3 Å². The third-order valence-electron chi connectivity index (χ3n) is 3.86. The number of nitrogens with zero attached hydrogens (tertiary/aromatic N) is 2. The molecule has 118 valence electrons. The van der Waals surface area contributed by atoms with E-state index in [-0.39, 0.29) is 0 Å². The Morgan fingerprint density at radius 2 is 1.75 bits per heavy atom. The van der Waals surface area contributed by atoms with Gasteiger partial charge in [-0.25, -0.2) is 9.97 Å². The summed E-state index contributed by atoms with van der Waals surface area (Å²) in [5, 5.41) is 7.36. The highest BCUT2D eigenvalue weighted by atomic mass is 35.5. The van der Waals surface area contributed by atoms with Gasteiger partial charge in [0.05, 0.1) is 5.39 Å². The van der Waals surface area contributed by atoms with Gasteiger partial charge in [-0.1, -0.05) is 60.1 Å². The van der Waals surface area contributed by atoms with E-state index in [9.17, 15) is 0 Å². The van der Waals surface area contributed by atoms with E-state index >= 15 is 0 Å². The SMILES string of the molecule is Clc1ccccc1CNc1ncnc2scc(-c3ccccc3)c12. The zero-order valence-corrected chi connectivity index (χ0v) is 14.3. The Hall–Kier alpha value is -2.43. The van der Waals surface area contributed by atoms with E-state index in [1.165, 1.54) is 5.56 Å². The van der Waals surface area contributed by atoms with Gasteiger partial charge in [0.2, 0.25) is 0 Å². The molecular weight excluding hydrogens is 338 g/mol. The van der Waals surface area contributed by atoms with Crippen LogP contribution in [-0.2, 0) is 6.54 Å². The molecule has 2 heterocycles. The molecule has 2 aromatic heterocycles. The fraction of sp³-hybridized carbons (Fsp3) is 0.0526. The topological polar surface area (TPSA) is 37.8 Å². The number of hydrogen-bond acceptors (Lipinski definition) is 4. The number of nitrogens with one attached hydrogen (secondary N) is 1. The molecule has 4 rings (SSSR count). The van der Waals surface area contributed by atoms with E-state index in [2.05, 4.69) is 32.8 Å². The van der Waals surface area contributed by atoms with Crippen molar-refractivity contribution in [3.05, 3.63) is 76.9 Å². The lowest BCUT2D eigenvalue weighted by Gasteiger charge is -2.09. The van der Waals surface area contributed by atoms with Crippen molar-refractivity contribution < 1.29 is 0 Å². The molecule has 0 saturated carbocycles. The number of hydrogen-bond donors (Lipinski definition) is 1. The fourth-order valence-corrected chi connectivity index (χ4v) is 3.78. The van der Waals surface area contributed by atoms with Crippen LogP contribution < -0.4 is 5.32 Å². The Kier molecular flexibility index (Phi) is 4.15. The molecule has 0 fully saturated rings. The number of fused-ring (bicyclic) bond motifs is 1. The summed E-state index contributed by atoms with van der Waals surface area (Å²) in [7, 11) is 0. The van der Waals surface area contributed by atoms with Gasteiger partial charge in [0.15, 0.2) is 0 Å². The Morgan fingerprint density at radius 1 is 0.958 bits per heavy atom. The highest BCUT2D eigenvalue weighted by molar-refractivity contribution is 7.17. The minimum Gasteiger partial charge on any atom is -0.365 e. The number of rotatable bonds is 4. The average molecular weight is 352 g/mol. The Labute approximate surface area is 149 Å². The minimum atomic E-state index is 0.621. The zero-order valence-electron chi connectivity index (χ0n) is 12.7. The molecule has 0 atom stereocenters. The van der Waals surface area contributed by atoms with Crippen molar-refractivity contribution in [3.63, 3.8) is 0 Å². The Bertz CT molecular complexity index is 982. The van der Waals surface area contributed by atoms with Crippen LogP contribution in [0.4, 0.5) is 5.82 Å². The number of anilines is 1. The van der Waals surface area contributed by atoms with Crippen LogP contribution in [0.3, 0.4) is 0 Å². The van der Waals surface area contributed by atoms with E-state index in [0.717, 1.165) is 32.2 Å². The maximum Gasteiger partial charge on any atom is 0.139 e. The minimum absolute atomic E-state index is 0.621. The van der Waals surface area contributed by atoms with E-state index in [1.807, 2.05) is 42.5 Å². The van der Waals surface area contributed by atoms with Crippen molar-refractivity contribution >= 4 is 39.0 Å². The highest BCUT2D eigenvalue weighted by Gasteiger charge is 2.13. The summed E-state index contributed by atoms with van der Waals surface area (Å²) in [6, 6.07) is 18.1. The van der Waals surface area contributed by atoms with Gasteiger partial charge in [0.25, 0.3) is 0 Å². The van der Waals surface area contributed by atoms with Gasteiger partial charge >= 0.3 is 0 Å². The smallest absolute Gasteiger partial charge is 0.139 e. The largest absolute Gasteiger partial charge is 0.365 e. The molecule has 0 aliphatic heterocycles. The summed E-state index contributed by atoms with van der Waals surface area (Å²) in [5.74, 6) is 0.833. The maximum absolute atomic E-state index is 6.24. The average Bonchev–Trinajstić information content (AvgIpc) is 3.06. The van der Waals surface area contributed by atoms with Crippen LogP contribution in [0, 0.1) is 0 Å². The fourth-order valence-electron chi connectivity index (χ4n) is 2.66. The molecule has 5 heteroatoms. The quantitative estimate of drug-likeness (QED) is 0.518. The lowest BCUT2D eigenvalue weighted by molar-refractivity contribution is 1.11. The monoisotopic (exact) mass is 351 g/mol. The summed E-state index contributed by atoms with van der Waals surface area (Å²) in [6.07, 6.45) is 1.60. The normalized spacial score (nSPS) is 10.9. The molecule has 0 aliphatic rings. The number of thiophene rings is 1. The number of aromatic nitrogens is 2. The first-order valence-corrected chi connectivity index (χ1v) is 8.83. The molecule has 24 heavy (non-hydrogen) atoms. The van der Waals surface area contributed by atoms with Crippen molar-refractivity contribution in [3.8, 4) is 11.1 Å². The van der Waals surface area contributed by atoms with Gasteiger partial charge in [-0.2, -0.15) is 0 Å². The molecule has 2 aromatic carbocycles. The van der Waals surface area contributed by atoms with Gasteiger partial charge in [0, 0.05) is 22.5 Å². The van der Waals surface area contributed by atoms with Crippen LogP contribution in [-0.4, -0.2) is 9.97 Å². The molecule has 0 saturated heterocycles. The third kappa shape index (κ3) is 2.86. The summed E-state index contributed by atoms with van der Waals surface area (Å²) in [5.41, 5.74) is 3.36. The van der Waals surface area contributed by atoms with Crippen molar-refractivity contribution in [1.82, 2.24) is 9.97 Å². The Morgan fingerprint density at radius 3 is 2.58 bits per heavy atom. The number of halogens is 1. The molecule has 1 N–H and O–H groups in total. The Balaban J connectivity index is 1.73. The molecule has 4 aromatic rings. The van der Waals surface area contributed by atoms with Gasteiger partial charge < -0.3 is 5.32 Å². The van der Waals surface area contributed by atoms with Crippen LogP contribution in [0.15, 0.2) is 66.3 Å². The summed E-state index contributed by atoms with van der Waals surface area (Å²) in [6.45, 7) is 0.621. The molecular formula is C19H14ClN3S. The predicted molar refractivity (Wildman–Crippen MR) is 102 cm³/mol. The molecule has 0 bridgehead atoms. The molecule has 0 aliphatic carbocycles. The van der Waals surface area contributed by atoms with E-state index < -0.39 is 0 Å². The molecule has 3 nitrogen and oxygen atoms in total. The first kappa shape index (κ1) is 15.1. The van der Waals surface area contributed by atoms with Crippen molar-refractivity contribution in [2.24, 2.45) is 0 Å². The van der Waals surface area contributed by atoms with Gasteiger partial charge in [-0.3, -0.25) is 0 Å². The zero-order chi connectivity index (χ0) is 16.4. The standard InChI is InChI=1S/C19H14ClN3S/c20-16-9-5-4-8-14(16)10-21-18-17-15(13-6-2-1-3-7-13)11-24-19(17)23-12-22-18/h1-9,11-12H,10H2,(H,21,22,23). The predicted octanol–water partition coefficient (Wildman–Crippen LogP) is 5.62. The highest BCUT2D eigenvalue weighted by Crippen LogP contribution is 2.36. The first-order valence-electron chi connectivity index (χ1n) is 7.58. The van der Waals surface area contributed by atoms with Crippen molar-refractivity contribution in [2.75, 3.05) is 5.32 Å². The van der Waals surface area contributed by atoms with Crippen LogP contribution in [0.5, 0.6) is 0 Å². The molecule has 0 spiro atoms. The molecule has 0 radical (unpaired) electrons. The van der Waals surface area contributed by atoms with Gasteiger partial charge in [0.1, 0.15) is 17.0 Å². The van der Waals surface area contributed by atoms with E-state index in [4.69, 9.17) is 11.6 Å². The molecule has 0 amide bonds. The van der Waals surface area contributed by atoms with Crippen molar-refractivity contribution in [1.29, 1.82) is 0 Å². The number of benzene rings is 2. The van der Waals surface area contributed by atoms with Gasteiger partial charge in [-0.15, -0.1) is 11.3 Å².